The van der Waals surface area contributed by atoms with Crippen LogP contribution in [0, 0.1) is 5.41 Å². The summed E-state index contributed by atoms with van der Waals surface area (Å²) in [7, 11) is 2.21. The van der Waals surface area contributed by atoms with Crippen LogP contribution in [0.25, 0.3) is 31.5 Å². The molecule has 8 nitrogen and oxygen atoms in total. The van der Waals surface area contributed by atoms with Gasteiger partial charge in [0.25, 0.3) is 0 Å². The molecule has 2 N–H and O–H groups in total. The molecule has 2 aliphatic rings. The van der Waals surface area contributed by atoms with E-state index in [9.17, 15) is 5.11 Å². The second-order valence-corrected chi connectivity index (χ2v) is 10.3. The van der Waals surface area contributed by atoms with Gasteiger partial charge in [-0.1, -0.05) is 22.7 Å². The van der Waals surface area contributed by atoms with Crippen molar-refractivity contribution in [2.45, 2.75) is 12.8 Å². The normalized spacial score (nSPS) is 18.3. The maximum atomic E-state index is 10.5. The van der Waals surface area contributed by atoms with Gasteiger partial charge < -0.3 is 14.9 Å². The van der Waals surface area contributed by atoms with Gasteiger partial charge in [-0.25, -0.2) is 15.0 Å². The lowest BCUT2D eigenvalue weighted by atomic mass is 9.72. The van der Waals surface area contributed by atoms with Crippen LogP contribution in [0.3, 0.4) is 0 Å². The summed E-state index contributed by atoms with van der Waals surface area (Å²) in [6.45, 7) is 4.60. The summed E-state index contributed by atoms with van der Waals surface area (Å²) in [5.41, 5.74) is 2.67. The summed E-state index contributed by atoms with van der Waals surface area (Å²) in [4.78, 5) is 20.6. The number of likely N-dealkylation sites (tertiary alicyclic amines) is 1. The molecule has 0 radical (unpaired) electrons. The molecule has 0 aromatic carbocycles. The maximum absolute atomic E-state index is 10.5. The molecule has 162 valence electrons. The molecule has 4 aromatic rings. The van der Waals surface area contributed by atoms with Crippen molar-refractivity contribution >= 4 is 49.9 Å². The zero-order valence-corrected chi connectivity index (χ0v) is 19.4. The van der Waals surface area contributed by atoms with Gasteiger partial charge in [0.15, 0.2) is 14.8 Å². The molecule has 0 amide bonds. The molecule has 0 bridgehead atoms. The van der Waals surface area contributed by atoms with Crippen LogP contribution in [0.4, 0.5) is 5.13 Å². The molecule has 6 rings (SSSR count). The number of nitrogens with one attached hydrogen (secondary N) is 1. The molecule has 4 aromatic heterocycles. The quantitative estimate of drug-likeness (QED) is 0.464. The molecule has 0 atom stereocenters. The number of aromatic amines is 1. The Labute approximate surface area is 193 Å². The number of halogens is 1. The van der Waals surface area contributed by atoms with Crippen molar-refractivity contribution in [3.05, 3.63) is 24.7 Å². The van der Waals surface area contributed by atoms with Gasteiger partial charge in [0.1, 0.15) is 16.5 Å². The number of nitrogens with zero attached hydrogens (tertiary/aromatic N) is 6. The van der Waals surface area contributed by atoms with Crippen LogP contribution in [-0.2, 0) is 0 Å². The van der Waals surface area contributed by atoms with Gasteiger partial charge in [-0.15, -0.1) is 12.4 Å². The van der Waals surface area contributed by atoms with Crippen molar-refractivity contribution in [2.75, 3.05) is 38.1 Å². The van der Waals surface area contributed by atoms with Crippen LogP contribution in [0.5, 0.6) is 5.75 Å². The molecule has 0 aliphatic carbocycles. The molecule has 2 aliphatic heterocycles. The number of fused-ring (bicyclic) bond motifs is 1. The monoisotopic (exact) mass is 475 g/mol. The van der Waals surface area contributed by atoms with Gasteiger partial charge in [-0.05, 0) is 39.0 Å². The van der Waals surface area contributed by atoms with Crippen molar-refractivity contribution in [1.29, 1.82) is 0 Å². The first-order valence-corrected chi connectivity index (χ1v) is 11.6. The van der Waals surface area contributed by atoms with Crippen LogP contribution in [0.2, 0.25) is 0 Å². The number of aromatic hydroxyl groups is 1. The summed E-state index contributed by atoms with van der Waals surface area (Å²) in [5, 5.41) is 19.0. The highest BCUT2D eigenvalue weighted by Gasteiger charge is 2.45. The first-order valence-electron chi connectivity index (χ1n) is 9.98. The second-order valence-electron chi connectivity index (χ2n) is 8.36. The average Bonchev–Trinajstić information content (AvgIpc) is 3.43. The minimum atomic E-state index is 0. The third-order valence-corrected chi connectivity index (χ3v) is 8.33. The summed E-state index contributed by atoms with van der Waals surface area (Å²) < 4.78 is 0. The first kappa shape index (κ1) is 20.6. The number of hydrogen-bond donors (Lipinski definition) is 2. The number of piperidine rings is 1. The lowest BCUT2D eigenvalue weighted by Crippen LogP contribution is -2.60. The Morgan fingerprint density at radius 1 is 1.06 bits per heavy atom. The van der Waals surface area contributed by atoms with E-state index >= 15 is 0 Å². The van der Waals surface area contributed by atoms with Gasteiger partial charge in [0.2, 0.25) is 0 Å². The lowest BCUT2D eigenvalue weighted by Gasteiger charge is -2.53. The van der Waals surface area contributed by atoms with E-state index in [4.69, 9.17) is 9.97 Å². The second kappa shape index (κ2) is 7.70. The van der Waals surface area contributed by atoms with Crippen LogP contribution in [0.15, 0.2) is 24.7 Å². The Balaban J connectivity index is 0.00000204. The zero-order valence-electron chi connectivity index (χ0n) is 16.9. The first-order chi connectivity index (χ1) is 14.6. The topological polar surface area (TPSA) is 94.1 Å². The Hall–Kier alpha value is -2.27. The van der Waals surface area contributed by atoms with E-state index in [1.807, 2.05) is 0 Å². The van der Waals surface area contributed by atoms with E-state index in [-0.39, 0.29) is 18.2 Å². The number of rotatable bonds is 3. The Morgan fingerprint density at radius 2 is 1.84 bits per heavy atom. The zero-order chi connectivity index (χ0) is 20.3. The minimum absolute atomic E-state index is 0. The summed E-state index contributed by atoms with van der Waals surface area (Å²) in [6.07, 6.45) is 7.76. The molecular formula is C20H22ClN7OS2. The number of pyridine rings is 1. The van der Waals surface area contributed by atoms with Gasteiger partial charge >= 0.3 is 0 Å². The average molecular weight is 476 g/mol. The fraction of sp³-hybridized carbons (Fsp3) is 0.400. The Kier molecular flexibility index (Phi) is 5.12. The third-order valence-electron chi connectivity index (χ3n) is 6.24. The standard InChI is InChI=1S/C20H21N7OS2.ClH/c1-26-4-2-20(3-5-26)10-27(11-20)19-25-18-17(30-19)24-16(29-18)15-14(28)6-12(7-21-15)13-8-22-23-9-13;/h6-9,28H,2-5,10-11H2,1H3,(H,22,23);1H. The highest BCUT2D eigenvalue weighted by Crippen LogP contribution is 2.45. The Morgan fingerprint density at radius 3 is 2.52 bits per heavy atom. The predicted molar refractivity (Wildman–Crippen MR) is 126 cm³/mol. The van der Waals surface area contributed by atoms with Gasteiger partial charge in [-0.3, -0.25) is 5.10 Å². The smallest absolute Gasteiger partial charge is 0.188 e. The number of H-pyrrole nitrogens is 1. The van der Waals surface area contributed by atoms with Crippen molar-refractivity contribution in [3.8, 4) is 27.6 Å². The van der Waals surface area contributed by atoms with Gasteiger partial charge in [0, 0.05) is 42.0 Å². The minimum Gasteiger partial charge on any atom is -0.506 e. The number of anilines is 1. The Bertz CT molecular complexity index is 1170. The van der Waals surface area contributed by atoms with Gasteiger partial charge in [-0.2, -0.15) is 5.10 Å². The molecule has 2 fully saturated rings. The van der Waals surface area contributed by atoms with Crippen LogP contribution < -0.4 is 4.90 Å². The maximum Gasteiger partial charge on any atom is 0.188 e. The highest BCUT2D eigenvalue weighted by atomic mass is 35.5. The van der Waals surface area contributed by atoms with E-state index < -0.39 is 0 Å². The molecular weight excluding hydrogens is 454 g/mol. The van der Waals surface area contributed by atoms with E-state index in [0.717, 1.165) is 39.0 Å². The van der Waals surface area contributed by atoms with E-state index in [2.05, 4.69) is 32.0 Å². The van der Waals surface area contributed by atoms with E-state index in [1.54, 1.807) is 36.0 Å². The SMILES string of the molecule is CN1CCC2(CC1)CN(c1nc3sc(-c4ncc(-c5cn[nH]c5)cc4O)nc3s1)C2.Cl. The van der Waals surface area contributed by atoms with Crippen LogP contribution in [-0.4, -0.2) is 68.4 Å². The van der Waals surface area contributed by atoms with Crippen molar-refractivity contribution < 1.29 is 5.11 Å². The fourth-order valence-corrected chi connectivity index (χ4v) is 6.40. The fourth-order valence-electron chi connectivity index (χ4n) is 4.36. The summed E-state index contributed by atoms with van der Waals surface area (Å²) in [6, 6.07) is 1.70. The number of hydrogen-bond acceptors (Lipinski definition) is 9. The molecule has 2 saturated heterocycles. The number of aromatic nitrogens is 5. The molecule has 0 unspecified atom stereocenters. The molecule has 31 heavy (non-hydrogen) atoms. The third kappa shape index (κ3) is 3.57. The number of thiazole rings is 2. The van der Waals surface area contributed by atoms with Crippen molar-refractivity contribution in [2.24, 2.45) is 5.41 Å². The van der Waals surface area contributed by atoms with Crippen molar-refractivity contribution in [3.63, 3.8) is 0 Å². The molecule has 1 spiro atoms. The van der Waals surface area contributed by atoms with Crippen LogP contribution in [0.1, 0.15) is 12.8 Å². The predicted octanol–water partition coefficient (Wildman–Crippen LogP) is 3.86. The van der Waals surface area contributed by atoms with Gasteiger partial charge in [0.05, 0.1) is 6.20 Å². The molecule has 0 saturated carbocycles. The van der Waals surface area contributed by atoms with E-state index in [1.165, 1.54) is 37.3 Å². The lowest BCUT2D eigenvalue weighted by molar-refractivity contribution is 0.0906. The summed E-state index contributed by atoms with van der Waals surface area (Å²) >= 11 is 3.12. The van der Waals surface area contributed by atoms with E-state index in [0.29, 0.717) is 16.1 Å². The molecule has 11 heteroatoms. The highest BCUT2D eigenvalue weighted by molar-refractivity contribution is 7.29. The largest absolute Gasteiger partial charge is 0.506 e. The van der Waals surface area contributed by atoms with Crippen LogP contribution >= 0.6 is 35.1 Å². The summed E-state index contributed by atoms with van der Waals surface area (Å²) in [5.74, 6) is 0.113. The molecule has 6 heterocycles. The van der Waals surface area contributed by atoms with Crippen molar-refractivity contribution in [1.82, 2.24) is 30.0 Å².